The molecule has 0 unspecified atom stereocenters. The fraction of sp³-hybridized carbons (Fsp3) is 0.250. The second-order valence-corrected chi connectivity index (χ2v) is 5.06. The van der Waals surface area contributed by atoms with Gasteiger partial charge in [-0.2, -0.15) is 4.80 Å². The number of allylic oxidation sites excluding steroid dienone is 1. The van der Waals surface area contributed by atoms with Gasteiger partial charge in [-0.25, -0.2) is 0 Å². The lowest BCUT2D eigenvalue weighted by molar-refractivity contribution is 0.225. The molecule has 2 heterocycles. The molecule has 6 nitrogen and oxygen atoms in total. The minimum Gasteiger partial charge on any atom is -0.380 e. The first-order chi connectivity index (χ1) is 10.8. The Balaban J connectivity index is 1.81. The van der Waals surface area contributed by atoms with Crippen LogP contribution in [0, 0.1) is 0 Å². The highest BCUT2D eigenvalue weighted by Crippen LogP contribution is 2.19. The third-order valence-electron chi connectivity index (χ3n) is 3.29. The number of nitrogens with zero attached hydrogens (tertiary/aromatic N) is 5. The highest BCUT2D eigenvalue weighted by Gasteiger charge is 2.06. The summed E-state index contributed by atoms with van der Waals surface area (Å²) in [5, 5.41) is 13.7. The molecule has 6 heteroatoms. The summed E-state index contributed by atoms with van der Waals surface area (Å²) >= 11 is 0. The average molecular weight is 295 g/mol. The monoisotopic (exact) mass is 295 g/mol. The summed E-state index contributed by atoms with van der Waals surface area (Å²) in [4.78, 5) is 5.88. The summed E-state index contributed by atoms with van der Waals surface area (Å²) in [5.74, 6) is 0.614. The van der Waals surface area contributed by atoms with Crippen LogP contribution in [0.5, 0.6) is 0 Å². The number of benzene rings is 1. The molecule has 0 N–H and O–H groups in total. The standard InChI is InChI=1S/C16H17N5O/c1-12(11-22-2)7-9-21-19-16(18-20-21)14-5-6-15-13(10-14)4-3-8-17-15/h3-8,10H,9,11H2,1-2H3/b12-7+. The Morgan fingerprint density at radius 3 is 3.09 bits per heavy atom. The van der Waals surface area contributed by atoms with Gasteiger partial charge < -0.3 is 4.74 Å². The summed E-state index contributed by atoms with van der Waals surface area (Å²) in [5.41, 5.74) is 3.03. The van der Waals surface area contributed by atoms with E-state index < -0.39 is 0 Å². The van der Waals surface area contributed by atoms with E-state index in [9.17, 15) is 0 Å². The number of aromatic nitrogens is 5. The Bertz CT molecular complexity index is 809. The quantitative estimate of drug-likeness (QED) is 0.677. The number of hydrogen-bond donors (Lipinski definition) is 0. The fourth-order valence-electron chi connectivity index (χ4n) is 2.17. The Hall–Kier alpha value is -2.60. The van der Waals surface area contributed by atoms with Crippen molar-refractivity contribution in [3.05, 3.63) is 48.2 Å². The van der Waals surface area contributed by atoms with Crippen molar-refractivity contribution in [2.24, 2.45) is 0 Å². The first-order valence-electron chi connectivity index (χ1n) is 7.04. The van der Waals surface area contributed by atoms with Crippen LogP contribution in [0.3, 0.4) is 0 Å². The maximum atomic E-state index is 5.07. The number of ether oxygens (including phenoxy) is 1. The second kappa shape index (κ2) is 6.44. The van der Waals surface area contributed by atoms with Crippen LogP contribution in [0.25, 0.3) is 22.3 Å². The molecule has 0 aliphatic rings. The molecule has 0 radical (unpaired) electrons. The van der Waals surface area contributed by atoms with E-state index in [1.54, 1.807) is 18.1 Å². The van der Waals surface area contributed by atoms with Gasteiger partial charge in [0, 0.05) is 24.3 Å². The van der Waals surface area contributed by atoms with Gasteiger partial charge in [0.05, 0.1) is 18.7 Å². The molecule has 1 aromatic carbocycles. The third kappa shape index (κ3) is 3.17. The van der Waals surface area contributed by atoms with E-state index in [-0.39, 0.29) is 0 Å². The van der Waals surface area contributed by atoms with Crippen molar-refractivity contribution in [1.82, 2.24) is 25.2 Å². The molecule has 3 aromatic rings. The molecule has 0 saturated heterocycles. The highest BCUT2D eigenvalue weighted by molar-refractivity contribution is 5.82. The molecular weight excluding hydrogens is 278 g/mol. The molecule has 3 rings (SSSR count). The van der Waals surface area contributed by atoms with Crippen molar-refractivity contribution in [3.63, 3.8) is 0 Å². The van der Waals surface area contributed by atoms with Crippen LogP contribution in [-0.4, -0.2) is 38.9 Å². The van der Waals surface area contributed by atoms with Crippen LogP contribution < -0.4 is 0 Å². The lowest BCUT2D eigenvalue weighted by atomic mass is 10.1. The third-order valence-corrected chi connectivity index (χ3v) is 3.29. The molecule has 2 aromatic heterocycles. The maximum Gasteiger partial charge on any atom is 0.204 e. The number of pyridine rings is 1. The normalized spacial score (nSPS) is 12.0. The predicted octanol–water partition coefficient (Wildman–Crippen LogP) is 2.48. The zero-order valence-corrected chi connectivity index (χ0v) is 12.6. The molecule has 0 aliphatic heterocycles. The molecule has 0 spiro atoms. The molecule has 112 valence electrons. The molecule has 0 bridgehead atoms. The SMILES string of the molecule is COC/C(C)=C/Cn1nnc(-c2ccc3ncccc3c2)n1. The first-order valence-corrected chi connectivity index (χ1v) is 7.04. The number of rotatable bonds is 5. The van der Waals surface area contributed by atoms with E-state index in [2.05, 4.69) is 20.4 Å². The first kappa shape index (κ1) is 14.3. The van der Waals surface area contributed by atoms with Gasteiger partial charge in [0.1, 0.15) is 0 Å². The van der Waals surface area contributed by atoms with Gasteiger partial charge in [0.15, 0.2) is 0 Å². The van der Waals surface area contributed by atoms with Gasteiger partial charge in [0.2, 0.25) is 5.82 Å². The lowest BCUT2D eigenvalue weighted by Gasteiger charge is -1.99. The van der Waals surface area contributed by atoms with Crippen LogP contribution in [0.2, 0.25) is 0 Å². The topological polar surface area (TPSA) is 65.7 Å². The average Bonchev–Trinajstić information content (AvgIpc) is 3.02. The molecule has 0 atom stereocenters. The zero-order valence-electron chi connectivity index (χ0n) is 12.6. The Labute approximate surface area is 128 Å². The van der Waals surface area contributed by atoms with Crippen LogP contribution in [-0.2, 0) is 11.3 Å². The minimum atomic E-state index is 0.581. The summed E-state index contributed by atoms with van der Waals surface area (Å²) < 4.78 is 5.07. The smallest absolute Gasteiger partial charge is 0.204 e. The summed E-state index contributed by atoms with van der Waals surface area (Å²) in [6, 6.07) is 9.89. The van der Waals surface area contributed by atoms with E-state index in [1.807, 2.05) is 43.3 Å². The van der Waals surface area contributed by atoms with Gasteiger partial charge in [-0.05, 0) is 42.0 Å². The molecule has 0 saturated carbocycles. The molecule has 0 aliphatic carbocycles. The summed E-state index contributed by atoms with van der Waals surface area (Å²) in [6.45, 7) is 3.20. The Morgan fingerprint density at radius 2 is 2.23 bits per heavy atom. The van der Waals surface area contributed by atoms with Gasteiger partial charge in [-0.15, -0.1) is 10.2 Å². The van der Waals surface area contributed by atoms with Crippen molar-refractivity contribution in [2.75, 3.05) is 13.7 Å². The van der Waals surface area contributed by atoms with Gasteiger partial charge in [-0.3, -0.25) is 4.98 Å². The van der Waals surface area contributed by atoms with E-state index in [0.29, 0.717) is 19.0 Å². The van der Waals surface area contributed by atoms with Crippen molar-refractivity contribution in [3.8, 4) is 11.4 Å². The van der Waals surface area contributed by atoms with E-state index in [1.165, 1.54) is 0 Å². The maximum absolute atomic E-state index is 5.07. The highest BCUT2D eigenvalue weighted by atomic mass is 16.5. The van der Waals surface area contributed by atoms with Crippen molar-refractivity contribution < 1.29 is 4.74 Å². The largest absolute Gasteiger partial charge is 0.380 e. The molecule has 0 amide bonds. The number of hydrogen-bond acceptors (Lipinski definition) is 5. The number of fused-ring (bicyclic) bond motifs is 1. The number of methoxy groups -OCH3 is 1. The van der Waals surface area contributed by atoms with Crippen molar-refractivity contribution in [1.29, 1.82) is 0 Å². The van der Waals surface area contributed by atoms with Gasteiger partial charge in [0.25, 0.3) is 0 Å². The van der Waals surface area contributed by atoms with Crippen LogP contribution in [0.1, 0.15) is 6.92 Å². The number of tetrazole rings is 1. The minimum absolute atomic E-state index is 0.581. The van der Waals surface area contributed by atoms with Crippen LogP contribution >= 0.6 is 0 Å². The second-order valence-electron chi connectivity index (χ2n) is 5.06. The fourth-order valence-corrected chi connectivity index (χ4v) is 2.17. The Kier molecular flexibility index (Phi) is 4.20. The summed E-state index contributed by atoms with van der Waals surface area (Å²) in [7, 11) is 1.68. The predicted molar refractivity (Wildman–Crippen MR) is 84.2 cm³/mol. The molecule has 0 fully saturated rings. The molecule has 22 heavy (non-hydrogen) atoms. The van der Waals surface area contributed by atoms with Crippen LogP contribution in [0.15, 0.2) is 48.2 Å². The van der Waals surface area contributed by atoms with Gasteiger partial charge >= 0.3 is 0 Å². The molecular formula is C16H17N5O. The zero-order chi connectivity index (χ0) is 15.4. The Morgan fingerprint density at radius 1 is 1.32 bits per heavy atom. The van der Waals surface area contributed by atoms with E-state index in [0.717, 1.165) is 22.0 Å². The van der Waals surface area contributed by atoms with E-state index in [4.69, 9.17) is 4.74 Å². The summed E-state index contributed by atoms with van der Waals surface area (Å²) in [6.07, 6.45) is 3.81. The van der Waals surface area contributed by atoms with Crippen molar-refractivity contribution in [2.45, 2.75) is 13.5 Å². The van der Waals surface area contributed by atoms with E-state index >= 15 is 0 Å². The van der Waals surface area contributed by atoms with Gasteiger partial charge in [-0.1, -0.05) is 12.1 Å². The van der Waals surface area contributed by atoms with Crippen LogP contribution in [0.4, 0.5) is 0 Å². The lowest BCUT2D eigenvalue weighted by Crippen LogP contribution is -2.02. The van der Waals surface area contributed by atoms with Crippen molar-refractivity contribution >= 4 is 10.9 Å².